The van der Waals surface area contributed by atoms with Gasteiger partial charge in [0.05, 0.1) is 24.4 Å². The number of rotatable bonds is 8. The molecule has 3 rings (SSSR count). The smallest absolute Gasteiger partial charge is 0.349 e. The lowest BCUT2D eigenvalue weighted by atomic mass is 10.1. The number of ether oxygens (including phenoxy) is 3. The summed E-state index contributed by atoms with van der Waals surface area (Å²) < 4.78 is 15.9. The summed E-state index contributed by atoms with van der Waals surface area (Å²) in [4.78, 5) is 28.6. The third-order valence-electron chi connectivity index (χ3n) is 4.76. The Kier molecular flexibility index (Phi) is 7.96. The van der Waals surface area contributed by atoms with Crippen LogP contribution in [0.3, 0.4) is 0 Å². The number of esters is 1. The number of pyridine rings is 1. The molecule has 2 aromatic carbocycles. The lowest BCUT2D eigenvalue weighted by Gasteiger charge is -2.23. The van der Waals surface area contributed by atoms with Gasteiger partial charge in [-0.15, -0.1) is 0 Å². The van der Waals surface area contributed by atoms with Crippen LogP contribution in [-0.4, -0.2) is 36.3 Å². The fourth-order valence-corrected chi connectivity index (χ4v) is 3.14. The summed E-state index contributed by atoms with van der Waals surface area (Å²) in [6, 6.07) is 15.3. The molecule has 0 aliphatic rings. The van der Waals surface area contributed by atoms with E-state index in [2.05, 4.69) is 15.6 Å². The van der Waals surface area contributed by atoms with Crippen molar-refractivity contribution in [1.29, 1.82) is 0 Å². The van der Waals surface area contributed by atoms with E-state index >= 15 is 0 Å². The fraction of sp³-hybridized carbons (Fsp3) is 0.240. The van der Waals surface area contributed by atoms with E-state index in [1.54, 1.807) is 63.4 Å². The highest BCUT2D eigenvalue weighted by atomic mass is 35.5. The quantitative estimate of drug-likeness (QED) is 0.394. The van der Waals surface area contributed by atoms with Crippen molar-refractivity contribution in [2.75, 3.05) is 24.4 Å². The Morgan fingerprint density at radius 3 is 2.32 bits per heavy atom. The molecule has 0 aliphatic heterocycles. The largest absolute Gasteiger partial charge is 0.497 e. The van der Waals surface area contributed by atoms with Crippen LogP contribution in [0.1, 0.15) is 20.8 Å². The van der Waals surface area contributed by atoms with Gasteiger partial charge < -0.3 is 24.8 Å². The van der Waals surface area contributed by atoms with Gasteiger partial charge in [0.2, 0.25) is 11.5 Å². The molecule has 0 bridgehead atoms. The second-order valence-electron chi connectivity index (χ2n) is 7.72. The summed E-state index contributed by atoms with van der Waals surface area (Å²) in [5.74, 6) is 0.438. The van der Waals surface area contributed by atoms with Crippen LogP contribution < -0.4 is 20.1 Å². The highest BCUT2D eigenvalue weighted by Gasteiger charge is 2.32. The summed E-state index contributed by atoms with van der Waals surface area (Å²) in [6.07, 6.45) is 1.65. The number of amides is 2. The maximum absolute atomic E-state index is 12.4. The van der Waals surface area contributed by atoms with Crippen LogP contribution >= 0.6 is 11.6 Å². The molecule has 34 heavy (non-hydrogen) atoms. The highest BCUT2D eigenvalue weighted by Crippen LogP contribution is 2.27. The molecular formula is C25H26ClN3O5. The number of nitrogens with one attached hydrogen (secondary N) is 2. The molecule has 1 aromatic heterocycles. The van der Waals surface area contributed by atoms with Crippen molar-refractivity contribution in [3.05, 3.63) is 65.8 Å². The molecule has 178 valence electrons. The van der Waals surface area contributed by atoms with Crippen LogP contribution in [0.4, 0.5) is 16.2 Å². The number of halogens is 1. The van der Waals surface area contributed by atoms with Gasteiger partial charge in [-0.3, -0.25) is 0 Å². The van der Waals surface area contributed by atoms with E-state index in [0.717, 1.165) is 11.1 Å². The standard InChI is InChI=1S/C25H26ClN3O5/c1-5-33-23(30)25(2,3)34-22-13-8-17(15-27-22)16-6-9-18(10-7-16)28-24(31)29-21-14-19(32-4)11-12-20(21)26/h6-15H,5H2,1-4H3,(H2,28,29,31). The van der Waals surface area contributed by atoms with Gasteiger partial charge in [-0.1, -0.05) is 23.7 Å². The van der Waals surface area contributed by atoms with Gasteiger partial charge in [-0.25, -0.2) is 14.6 Å². The third-order valence-corrected chi connectivity index (χ3v) is 5.09. The van der Waals surface area contributed by atoms with Crippen LogP contribution in [0, 0.1) is 0 Å². The molecule has 1 heterocycles. The number of hydrogen-bond acceptors (Lipinski definition) is 6. The minimum absolute atomic E-state index is 0.277. The SMILES string of the molecule is CCOC(=O)C(C)(C)Oc1ccc(-c2ccc(NC(=O)Nc3cc(OC)ccc3Cl)cc2)cn1. The van der Waals surface area contributed by atoms with Gasteiger partial charge in [-0.2, -0.15) is 0 Å². The minimum Gasteiger partial charge on any atom is -0.497 e. The van der Waals surface area contributed by atoms with Crippen LogP contribution in [0.15, 0.2) is 60.8 Å². The van der Waals surface area contributed by atoms with Gasteiger partial charge in [0.25, 0.3) is 0 Å². The van der Waals surface area contributed by atoms with Crippen LogP contribution in [0.2, 0.25) is 5.02 Å². The molecule has 0 atom stereocenters. The second-order valence-corrected chi connectivity index (χ2v) is 8.13. The summed E-state index contributed by atoms with van der Waals surface area (Å²) in [5, 5.41) is 5.86. The monoisotopic (exact) mass is 483 g/mol. The first-order valence-electron chi connectivity index (χ1n) is 10.6. The summed E-state index contributed by atoms with van der Waals surface area (Å²) in [7, 11) is 1.54. The van der Waals surface area contributed by atoms with Gasteiger partial charge in [0, 0.05) is 29.6 Å². The van der Waals surface area contributed by atoms with E-state index in [1.165, 1.54) is 7.11 Å². The molecule has 0 saturated heterocycles. The lowest BCUT2D eigenvalue weighted by Crippen LogP contribution is -2.39. The van der Waals surface area contributed by atoms with Crippen molar-refractivity contribution in [1.82, 2.24) is 4.98 Å². The molecule has 0 aliphatic carbocycles. The first-order chi connectivity index (χ1) is 16.2. The zero-order valence-electron chi connectivity index (χ0n) is 19.3. The van der Waals surface area contributed by atoms with Gasteiger partial charge in [0.15, 0.2) is 0 Å². The first kappa shape index (κ1) is 24.9. The Morgan fingerprint density at radius 1 is 1.00 bits per heavy atom. The van der Waals surface area contributed by atoms with E-state index in [1.807, 2.05) is 18.2 Å². The number of carbonyl (C=O) groups is 2. The average Bonchev–Trinajstić information content (AvgIpc) is 2.81. The number of carbonyl (C=O) groups excluding carboxylic acids is 2. The van der Waals surface area contributed by atoms with E-state index in [9.17, 15) is 9.59 Å². The topological polar surface area (TPSA) is 98.8 Å². The van der Waals surface area contributed by atoms with Crippen LogP contribution in [0.25, 0.3) is 11.1 Å². The minimum atomic E-state index is -1.15. The second kappa shape index (κ2) is 10.9. The van der Waals surface area contributed by atoms with E-state index in [0.29, 0.717) is 28.0 Å². The number of aromatic nitrogens is 1. The normalized spacial score (nSPS) is 10.9. The molecule has 0 saturated carbocycles. The molecule has 3 aromatic rings. The van der Waals surface area contributed by atoms with Gasteiger partial charge in [0.1, 0.15) is 5.75 Å². The Labute approximate surface area is 203 Å². The summed E-state index contributed by atoms with van der Waals surface area (Å²) in [6.45, 7) is 5.28. The predicted molar refractivity (Wildman–Crippen MR) is 132 cm³/mol. The molecule has 0 fully saturated rings. The number of urea groups is 1. The average molecular weight is 484 g/mol. The Hall–Kier alpha value is -3.78. The van der Waals surface area contributed by atoms with E-state index in [4.69, 9.17) is 25.8 Å². The maximum atomic E-state index is 12.4. The highest BCUT2D eigenvalue weighted by molar-refractivity contribution is 6.33. The van der Waals surface area contributed by atoms with Gasteiger partial charge in [-0.05, 0) is 56.7 Å². The molecule has 0 radical (unpaired) electrons. The summed E-state index contributed by atoms with van der Waals surface area (Å²) in [5.41, 5.74) is 1.64. The Bertz CT molecular complexity index is 1150. The number of hydrogen-bond donors (Lipinski definition) is 2. The predicted octanol–water partition coefficient (Wildman–Crippen LogP) is 5.78. The van der Waals surface area contributed by atoms with Crippen molar-refractivity contribution in [2.45, 2.75) is 26.4 Å². The Balaban J connectivity index is 1.62. The lowest BCUT2D eigenvalue weighted by molar-refractivity contribution is -0.158. The number of anilines is 2. The first-order valence-corrected chi connectivity index (χ1v) is 10.9. The zero-order valence-corrected chi connectivity index (χ0v) is 20.1. The molecule has 9 heteroatoms. The number of benzene rings is 2. The molecule has 0 spiro atoms. The number of nitrogens with zero attached hydrogens (tertiary/aromatic N) is 1. The van der Waals surface area contributed by atoms with Crippen molar-refractivity contribution < 1.29 is 23.8 Å². The fourth-order valence-electron chi connectivity index (χ4n) is 2.98. The van der Waals surface area contributed by atoms with E-state index in [-0.39, 0.29) is 6.61 Å². The molecule has 8 nitrogen and oxygen atoms in total. The van der Waals surface area contributed by atoms with Crippen molar-refractivity contribution in [3.8, 4) is 22.8 Å². The molecular weight excluding hydrogens is 458 g/mol. The molecule has 2 N–H and O–H groups in total. The van der Waals surface area contributed by atoms with Crippen LogP contribution in [0.5, 0.6) is 11.6 Å². The molecule has 2 amide bonds. The third kappa shape index (κ3) is 6.39. The van der Waals surface area contributed by atoms with Gasteiger partial charge >= 0.3 is 12.0 Å². The van der Waals surface area contributed by atoms with Crippen molar-refractivity contribution in [3.63, 3.8) is 0 Å². The maximum Gasteiger partial charge on any atom is 0.349 e. The van der Waals surface area contributed by atoms with Crippen molar-refractivity contribution in [2.24, 2.45) is 0 Å². The zero-order chi connectivity index (χ0) is 24.7. The molecule has 0 unspecified atom stereocenters. The van der Waals surface area contributed by atoms with E-state index < -0.39 is 17.6 Å². The number of methoxy groups -OCH3 is 1. The van der Waals surface area contributed by atoms with Crippen LogP contribution in [-0.2, 0) is 9.53 Å². The Morgan fingerprint density at radius 2 is 1.71 bits per heavy atom. The van der Waals surface area contributed by atoms with Crippen molar-refractivity contribution >= 4 is 35.0 Å². The summed E-state index contributed by atoms with van der Waals surface area (Å²) >= 11 is 6.13.